The lowest BCUT2D eigenvalue weighted by molar-refractivity contribution is -0.0257. The highest BCUT2D eigenvalue weighted by atomic mass is 32.2. The van der Waals surface area contributed by atoms with Gasteiger partial charge < -0.3 is 5.73 Å². The second-order valence-electron chi connectivity index (χ2n) is 6.72. The first-order chi connectivity index (χ1) is 9.17. The van der Waals surface area contributed by atoms with Gasteiger partial charge in [-0.05, 0) is 44.9 Å². The van der Waals surface area contributed by atoms with E-state index in [0.717, 1.165) is 12.6 Å². The molecular formula is C15H29N3S. The first kappa shape index (κ1) is 14.2. The summed E-state index contributed by atoms with van der Waals surface area (Å²) in [6.45, 7) is 9.48. The molecule has 3 fully saturated rings. The van der Waals surface area contributed by atoms with E-state index >= 15 is 0 Å². The zero-order chi connectivity index (χ0) is 13.5. The van der Waals surface area contributed by atoms with E-state index in [4.69, 9.17) is 5.73 Å². The summed E-state index contributed by atoms with van der Waals surface area (Å²) in [6, 6.07) is 1.47. The molecule has 4 unspecified atom stereocenters. The van der Waals surface area contributed by atoms with Gasteiger partial charge >= 0.3 is 0 Å². The monoisotopic (exact) mass is 283 g/mol. The Bertz CT molecular complexity index is 325. The van der Waals surface area contributed by atoms with Crippen molar-refractivity contribution in [3.8, 4) is 0 Å². The molecule has 4 atom stereocenters. The third kappa shape index (κ3) is 2.35. The van der Waals surface area contributed by atoms with Gasteiger partial charge in [0.1, 0.15) is 0 Å². The Hall–Kier alpha value is 0.230. The van der Waals surface area contributed by atoms with E-state index in [-0.39, 0.29) is 5.54 Å². The molecule has 4 heteroatoms. The Kier molecular flexibility index (Phi) is 4.14. The number of fused-ring (bicyclic) bond motifs is 1. The number of nitrogens with zero attached hydrogens (tertiary/aromatic N) is 2. The molecule has 3 rings (SSSR count). The second kappa shape index (κ2) is 5.55. The summed E-state index contributed by atoms with van der Waals surface area (Å²) in [6.07, 6.45) is 5.43. The quantitative estimate of drug-likeness (QED) is 0.837. The van der Waals surface area contributed by atoms with Crippen molar-refractivity contribution in [2.24, 2.45) is 5.73 Å². The molecule has 2 N–H and O–H groups in total. The van der Waals surface area contributed by atoms with Crippen LogP contribution in [0.1, 0.15) is 39.5 Å². The van der Waals surface area contributed by atoms with E-state index in [9.17, 15) is 0 Å². The molecular weight excluding hydrogens is 254 g/mol. The van der Waals surface area contributed by atoms with Crippen LogP contribution in [-0.4, -0.2) is 64.6 Å². The van der Waals surface area contributed by atoms with Crippen molar-refractivity contribution in [1.29, 1.82) is 0 Å². The maximum absolute atomic E-state index is 6.29. The van der Waals surface area contributed by atoms with Crippen LogP contribution in [0.2, 0.25) is 0 Å². The molecule has 110 valence electrons. The fourth-order valence-corrected chi connectivity index (χ4v) is 5.89. The predicted molar refractivity (Wildman–Crippen MR) is 83.7 cm³/mol. The number of nitrogens with two attached hydrogens (primary N) is 1. The van der Waals surface area contributed by atoms with E-state index in [2.05, 4.69) is 35.4 Å². The van der Waals surface area contributed by atoms with Crippen molar-refractivity contribution in [3.05, 3.63) is 0 Å². The van der Waals surface area contributed by atoms with Crippen LogP contribution in [0.3, 0.4) is 0 Å². The first-order valence-electron chi connectivity index (χ1n) is 8.00. The Morgan fingerprint density at radius 2 is 2.11 bits per heavy atom. The minimum absolute atomic E-state index is 0.261. The number of thioether (sulfide) groups is 1. The summed E-state index contributed by atoms with van der Waals surface area (Å²) in [5.41, 5.74) is 6.55. The van der Waals surface area contributed by atoms with Crippen molar-refractivity contribution in [2.75, 3.05) is 31.9 Å². The largest absolute Gasteiger partial charge is 0.329 e. The van der Waals surface area contributed by atoms with Gasteiger partial charge in [0.25, 0.3) is 0 Å². The number of piperazine rings is 1. The predicted octanol–water partition coefficient (Wildman–Crippen LogP) is 1.77. The molecule has 3 nitrogen and oxygen atoms in total. The lowest BCUT2D eigenvalue weighted by atomic mass is 9.84. The molecule has 0 aromatic carbocycles. The number of rotatable bonds is 2. The maximum Gasteiger partial charge on any atom is 0.0451 e. The molecule has 0 saturated carbocycles. The summed E-state index contributed by atoms with van der Waals surface area (Å²) in [5, 5.41) is 0.682. The lowest BCUT2D eigenvalue weighted by Gasteiger charge is -2.56. The van der Waals surface area contributed by atoms with E-state index in [1.165, 1.54) is 51.1 Å². The fourth-order valence-electron chi connectivity index (χ4n) is 4.57. The molecule has 19 heavy (non-hydrogen) atoms. The third-order valence-electron chi connectivity index (χ3n) is 5.74. The minimum Gasteiger partial charge on any atom is -0.329 e. The van der Waals surface area contributed by atoms with Crippen LogP contribution in [0, 0.1) is 0 Å². The zero-order valence-corrected chi connectivity index (χ0v) is 13.3. The molecule has 0 radical (unpaired) electrons. The van der Waals surface area contributed by atoms with E-state index in [1.54, 1.807) is 0 Å². The smallest absolute Gasteiger partial charge is 0.0451 e. The Morgan fingerprint density at radius 1 is 1.26 bits per heavy atom. The molecule has 3 saturated heterocycles. The third-order valence-corrected chi connectivity index (χ3v) is 7.20. The second-order valence-corrected chi connectivity index (χ2v) is 8.17. The molecule has 3 aliphatic rings. The van der Waals surface area contributed by atoms with Crippen molar-refractivity contribution in [1.82, 2.24) is 9.80 Å². The van der Waals surface area contributed by atoms with Crippen LogP contribution >= 0.6 is 11.8 Å². The van der Waals surface area contributed by atoms with Crippen LogP contribution in [0.5, 0.6) is 0 Å². The van der Waals surface area contributed by atoms with Gasteiger partial charge in [-0.15, -0.1) is 0 Å². The van der Waals surface area contributed by atoms with Crippen molar-refractivity contribution in [2.45, 2.75) is 62.4 Å². The standard InChI is InChI=1S/C15H29N3S/c1-12-9-17-7-3-5-14(17)10-18(12)15(11-16)6-4-8-19-13(15)2/h12-14H,3-11,16H2,1-2H3. The highest BCUT2D eigenvalue weighted by molar-refractivity contribution is 8.00. The zero-order valence-electron chi connectivity index (χ0n) is 12.5. The molecule has 0 spiro atoms. The normalized spacial score (nSPS) is 45.3. The average molecular weight is 283 g/mol. The highest BCUT2D eigenvalue weighted by Crippen LogP contribution is 2.41. The summed E-state index contributed by atoms with van der Waals surface area (Å²) >= 11 is 2.14. The summed E-state index contributed by atoms with van der Waals surface area (Å²) in [5.74, 6) is 1.32. The Morgan fingerprint density at radius 3 is 2.84 bits per heavy atom. The summed E-state index contributed by atoms with van der Waals surface area (Å²) in [7, 11) is 0. The fraction of sp³-hybridized carbons (Fsp3) is 1.00. The van der Waals surface area contributed by atoms with Gasteiger partial charge in [-0.3, -0.25) is 9.80 Å². The number of hydrogen-bond donors (Lipinski definition) is 1. The Labute approximate surface area is 122 Å². The molecule has 0 bridgehead atoms. The average Bonchev–Trinajstić information content (AvgIpc) is 2.86. The molecule has 0 aromatic heterocycles. The van der Waals surface area contributed by atoms with E-state index in [1.807, 2.05) is 0 Å². The molecule has 0 amide bonds. The van der Waals surface area contributed by atoms with E-state index in [0.29, 0.717) is 11.3 Å². The lowest BCUT2D eigenvalue weighted by Crippen LogP contribution is -2.69. The van der Waals surface area contributed by atoms with Crippen LogP contribution in [-0.2, 0) is 0 Å². The number of hydrogen-bond acceptors (Lipinski definition) is 4. The van der Waals surface area contributed by atoms with Crippen LogP contribution in [0.4, 0.5) is 0 Å². The molecule has 3 aliphatic heterocycles. The summed E-state index contributed by atoms with van der Waals surface area (Å²) in [4.78, 5) is 5.52. The van der Waals surface area contributed by atoms with Gasteiger partial charge in [0.15, 0.2) is 0 Å². The topological polar surface area (TPSA) is 32.5 Å². The van der Waals surface area contributed by atoms with Gasteiger partial charge in [0.05, 0.1) is 0 Å². The van der Waals surface area contributed by atoms with Crippen LogP contribution in [0.25, 0.3) is 0 Å². The highest BCUT2D eigenvalue weighted by Gasteiger charge is 2.48. The van der Waals surface area contributed by atoms with Crippen molar-refractivity contribution < 1.29 is 0 Å². The van der Waals surface area contributed by atoms with Gasteiger partial charge in [0, 0.05) is 42.5 Å². The van der Waals surface area contributed by atoms with Gasteiger partial charge in [-0.1, -0.05) is 6.92 Å². The summed E-state index contributed by atoms with van der Waals surface area (Å²) < 4.78 is 0. The molecule has 0 aromatic rings. The van der Waals surface area contributed by atoms with Gasteiger partial charge in [0.2, 0.25) is 0 Å². The van der Waals surface area contributed by atoms with Crippen LogP contribution < -0.4 is 5.73 Å². The van der Waals surface area contributed by atoms with Gasteiger partial charge in [-0.25, -0.2) is 0 Å². The molecule has 3 heterocycles. The molecule has 0 aliphatic carbocycles. The van der Waals surface area contributed by atoms with E-state index < -0.39 is 0 Å². The first-order valence-corrected chi connectivity index (χ1v) is 9.05. The SMILES string of the molecule is CC1CN2CCCC2CN1C1(CN)CCCSC1C. The van der Waals surface area contributed by atoms with Crippen molar-refractivity contribution >= 4 is 11.8 Å². The maximum atomic E-state index is 6.29. The van der Waals surface area contributed by atoms with Crippen molar-refractivity contribution in [3.63, 3.8) is 0 Å². The Balaban J connectivity index is 1.81. The minimum atomic E-state index is 0.261. The van der Waals surface area contributed by atoms with Gasteiger partial charge in [-0.2, -0.15) is 11.8 Å². The van der Waals surface area contributed by atoms with Crippen LogP contribution in [0.15, 0.2) is 0 Å².